The molecule has 1 heterocycles. The molecular weight excluding hydrogens is 316 g/mol. The van der Waals surface area contributed by atoms with Crippen molar-refractivity contribution in [3.8, 4) is 0 Å². The summed E-state index contributed by atoms with van der Waals surface area (Å²) in [5, 5.41) is 4.19. The van der Waals surface area contributed by atoms with E-state index in [1.807, 2.05) is 18.2 Å². The van der Waals surface area contributed by atoms with Crippen LogP contribution in [0.25, 0.3) is 0 Å². The minimum absolute atomic E-state index is 0.279. The second kappa shape index (κ2) is 6.87. The van der Waals surface area contributed by atoms with Crippen LogP contribution in [0, 0.1) is 0 Å². The molecule has 0 amide bonds. The molecule has 1 aliphatic heterocycles. The highest BCUT2D eigenvalue weighted by Crippen LogP contribution is 2.20. The molecule has 0 radical (unpaired) electrons. The first kappa shape index (κ1) is 14.3. The lowest BCUT2D eigenvalue weighted by Crippen LogP contribution is -2.44. The number of benzene rings is 1. The molecule has 100 valence electrons. The molecule has 1 atom stereocenters. The van der Waals surface area contributed by atoms with Crippen LogP contribution in [0.1, 0.15) is 5.56 Å². The van der Waals surface area contributed by atoms with Gasteiger partial charge in [0.25, 0.3) is 0 Å². The Kier molecular flexibility index (Phi) is 5.45. The zero-order valence-electron chi connectivity index (χ0n) is 10.5. The van der Waals surface area contributed by atoms with Crippen molar-refractivity contribution >= 4 is 27.5 Å². The highest BCUT2D eigenvalue weighted by Gasteiger charge is 2.16. The van der Waals surface area contributed by atoms with Crippen molar-refractivity contribution in [1.29, 1.82) is 0 Å². The van der Waals surface area contributed by atoms with Crippen LogP contribution in [0.4, 0.5) is 0 Å². The number of morpholine rings is 1. The molecule has 1 aromatic carbocycles. The van der Waals surface area contributed by atoms with Gasteiger partial charge in [0.2, 0.25) is 0 Å². The Morgan fingerprint density at radius 1 is 1.56 bits per heavy atom. The lowest BCUT2D eigenvalue weighted by Gasteiger charge is -2.30. The fourth-order valence-electron chi connectivity index (χ4n) is 2.04. The number of likely N-dealkylation sites (N-methyl/N-ethyl adjacent to an activating group) is 1. The van der Waals surface area contributed by atoms with Crippen molar-refractivity contribution in [1.82, 2.24) is 10.2 Å². The molecule has 0 saturated carbocycles. The predicted molar refractivity (Wildman–Crippen MR) is 78.1 cm³/mol. The van der Waals surface area contributed by atoms with Crippen molar-refractivity contribution in [2.24, 2.45) is 0 Å². The highest BCUT2D eigenvalue weighted by atomic mass is 79.9. The molecule has 5 heteroatoms. The maximum atomic E-state index is 5.98. The zero-order valence-corrected chi connectivity index (χ0v) is 12.8. The first-order chi connectivity index (χ1) is 8.65. The fourth-order valence-corrected chi connectivity index (χ4v) is 2.62. The van der Waals surface area contributed by atoms with Gasteiger partial charge < -0.3 is 15.0 Å². The first-order valence-electron chi connectivity index (χ1n) is 6.10. The van der Waals surface area contributed by atoms with Gasteiger partial charge in [0.05, 0.1) is 12.7 Å². The monoisotopic (exact) mass is 332 g/mol. The Bertz CT molecular complexity index is 403. The van der Waals surface area contributed by atoms with E-state index in [-0.39, 0.29) is 6.10 Å². The van der Waals surface area contributed by atoms with Crippen molar-refractivity contribution in [3.63, 3.8) is 0 Å². The normalized spacial score (nSPS) is 21.2. The Labute approximate surface area is 122 Å². The molecular formula is C13H18BrClN2O. The second-order valence-electron chi connectivity index (χ2n) is 4.62. The average Bonchev–Trinajstić information content (AvgIpc) is 2.34. The Hall–Kier alpha value is -0.130. The molecule has 0 aromatic heterocycles. The number of hydrogen-bond donors (Lipinski definition) is 1. The third kappa shape index (κ3) is 4.21. The van der Waals surface area contributed by atoms with Gasteiger partial charge in [0.15, 0.2) is 0 Å². The fraction of sp³-hybridized carbons (Fsp3) is 0.538. The van der Waals surface area contributed by atoms with E-state index < -0.39 is 0 Å². The van der Waals surface area contributed by atoms with Gasteiger partial charge >= 0.3 is 0 Å². The number of nitrogens with zero attached hydrogens (tertiary/aromatic N) is 1. The van der Waals surface area contributed by atoms with Gasteiger partial charge in [-0.2, -0.15) is 0 Å². The topological polar surface area (TPSA) is 24.5 Å². The maximum absolute atomic E-state index is 5.98. The molecule has 1 saturated heterocycles. The van der Waals surface area contributed by atoms with E-state index in [0.717, 1.165) is 42.3 Å². The van der Waals surface area contributed by atoms with E-state index in [0.29, 0.717) is 0 Å². The maximum Gasteiger partial charge on any atom is 0.0826 e. The Morgan fingerprint density at radius 2 is 2.39 bits per heavy atom. The smallest absolute Gasteiger partial charge is 0.0826 e. The van der Waals surface area contributed by atoms with Crippen molar-refractivity contribution in [2.75, 3.05) is 33.3 Å². The number of hydrogen-bond acceptors (Lipinski definition) is 3. The largest absolute Gasteiger partial charge is 0.374 e. The zero-order chi connectivity index (χ0) is 13.0. The number of nitrogens with one attached hydrogen (secondary N) is 1. The predicted octanol–water partition coefficient (Wildman–Crippen LogP) is 2.52. The number of halogens is 2. The lowest BCUT2D eigenvalue weighted by atomic mass is 10.2. The van der Waals surface area contributed by atoms with E-state index >= 15 is 0 Å². The number of rotatable bonds is 4. The standard InChI is InChI=1S/C13H18BrClN2O/c1-17-4-5-18-12(9-17)8-16-7-10-6-11(15)2-3-13(10)14/h2-3,6,12,16H,4-5,7-9H2,1H3. The van der Waals surface area contributed by atoms with Gasteiger partial charge in [-0.25, -0.2) is 0 Å². The molecule has 0 spiro atoms. The summed E-state index contributed by atoms with van der Waals surface area (Å²) in [5.41, 5.74) is 1.17. The molecule has 0 aliphatic carbocycles. The highest BCUT2D eigenvalue weighted by molar-refractivity contribution is 9.10. The summed E-state index contributed by atoms with van der Waals surface area (Å²) in [4.78, 5) is 2.30. The summed E-state index contributed by atoms with van der Waals surface area (Å²) in [7, 11) is 2.13. The molecule has 1 fully saturated rings. The molecule has 1 aliphatic rings. The summed E-state index contributed by atoms with van der Waals surface area (Å²) in [6.07, 6.45) is 0.279. The van der Waals surface area contributed by atoms with E-state index in [2.05, 4.69) is 33.2 Å². The molecule has 0 bridgehead atoms. The molecule has 1 N–H and O–H groups in total. The lowest BCUT2D eigenvalue weighted by molar-refractivity contribution is -0.0182. The van der Waals surface area contributed by atoms with Crippen molar-refractivity contribution < 1.29 is 4.74 Å². The van der Waals surface area contributed by atoms with Crippen molar-refractivity contribution in [2.45, 2.75) is 12.6 Å². The SMILES string of the molecule is CN1CCOC(CNCc2cc(Cl)ccc2Br)C1. The van der Waals surface area contributed by atoms with Crippen LogP contribution in [-0.4, -0.2) is 44.3 Å². The van der Waals surface area contributed by atoms with Gasteiger partial charge in [0.1, 0.15) is 0 Å². The summed E-state index contributed by atoms with van der Waals surface area (Å²) in [6, 6.07) is 5.84. The number of ether oxygens (including phenoxy) is 1. The van der Waals surface area contributed by atoms with Crippen molar-refractivity contribution in [3.05, 3.63) is 33.3 Å². The minimum atomic E-state index is 0.279. The third-order valence-electron chi connectivity index (χ3n) is 3.04. The summed E-state index contributed by atoms with van der Waals surface area (Å²) >= 11 is 9.51. The Balaban J connectivity index is 1.79. The molecule has 3 nitrogen and oxygen atoms in total. The van der Waals surface area contributed by atoms with Gasteiger partial charge in [-0.15, -0.1) is 0 Å². The first-order valence-corrected chi connectivity index (χ1v) is 7.27. The van der Waals surface area contributed by atoms with Crippen LogP contribution in [0.5, 0.6) is 0 Å². The van der Waals surface area contributed by atoms with E-state index in [1.165, 1.54) is 5.56 Å². The van der Waals surface area contributed by atoms with Gasteiger partial charge in [0, 0.05) is 35.7 Å². The van der Waals surface area contributed by atoms with E-state index in [4.69, 9.17) is 16.3 Å². The van der Waals surface area contributed by atoms with Crippen LogP contribution in [0.2, 0.25) is 5.02 Å². The minimum Gasteiger partial charge on any atom is -0.374 e. The van der Waals surface area contributed by atoms with Crippen LogP contribution >= 0.6 is 27.5 Å². The molecule has 18 heavy (non-hydrogen) atoms. The average molecular weight is 334 g/mol. The molecule has 1 aromatic rings. The quantitative estimate of drug-likeness (QED) is 0.916. The van der Waals surface area contributed by atoms with Gasteiger partial charge in [-0.1, -0.05) is 27.5 Å². The molecule has 2 rings (SSSR count). The van der Waals surface area contributed by atoms with E-state index in [1.54, 1.807) is 0 Å². The molecule has 1 unspecified atom stereocenters. The van der Waals surface area contributed by atoms with Gasteiger partial charge in [-0.05, 0) is 30.8 Å². The summed E-state index contributed by atoms with van der Waals surface area (Å²) < 4.78 is 6.78. The van der Waals surface area contributed by atoms with E-state index in [9.17, 15) is 0 Å². The summed E-state index contributed by atoms with van der Waals surface area (Å²) in [5.74, 6) is 0. The summed E-state index contributed by atoms with van der Waals surface area (Å²) in [6.45, 7) is 4.50. The van der Waals surface area contributed by atoms with Crippen LogP contribution in [0.15, 0.2) is 22.7 Å². The van der Waals surface area contributed by atoms with Crippen LogP contribution in [-0.2, 0) is 11.3 Å². The second-order valence-corrected chi connectivity index (χ2v) is 5.91. The van der Waals surface area contributed by atoms with Crippen LogP contribution < -0.4 is 5.32 Å². The van der Waals surface area contributed by atoms with Crippen LogP contribution in [0.3, 0.4) is 0 Å². The Morgan fingerprint density at radius 3 is 3.17 bits per heavy atom. The third-order valence-corrected chi connectivity index (χ3v) is 4.05. The van der Waals surface area contributed by atoms with Gasteiger partial charge in [-0.3, -0.25) is 0 Å².